The van der Waals surface area contributed by atoms with E-state index in [1.807, 2.05) is 6.26 Å². The maximum Gasteiger partial charge on any atom is 0.339 e. The number of carbonyl (C=O) groups is 2. The van der Waals surface area contributed by atoms with E-state index in [0.717, 1.165) is 10.5 Å². The van der Waals surface area contributed by atoms with Crippen molar-refractivity contribution >= 4 is 35.4 Å². The lowest BCUT2D eigenvalue weighted by Gasteiger charge is -1.96. The van der Waals surface area contributed by atoms with Crippen LogP contribution >= 0.6 is 23.1 Å². The molecule has 0 aliphatic heterocycles. The largest absolute Gasteiger partial charge is 0.465 e. The van der Waals surface area contributed by atoms with E-state index in [4.69, 9.17) is 0 Å². The molecule has 0 aromatic carbocycles. The summed E-state index contributed by atoms with van der Waals surface area (Å²) in [6.45, 7) is 0. The molecule has 1 heterocycles. The second-order valence-electron chi connectivity index (χ2n) is 2.16. The predicted molar refractivity (Wildman–Crippen MR) is 52.8 cm³/mol. The molecule has 0 saturated heterocycles. The fourth-order valence-electron chi connectivity index (χ4n) is 0.855. The summed E-state index contributed by atoms with van der Waals surface area (Å²) >= 11 is 2.73. The molecule has 0 amide bonds. The molecule has 0 fully saturated rings. The Morgan fingerprint density at radius 3 is 2.85 bits per heavy atom. The van der Waals surface area contributed by atoms with Crippen LogP contribution in [0.2, 0.25) is 0 Å². The number of thiophene rings is 1. The Bertz CT molecular complexity index is 330. The van der Waals surface area contributed by atoms with Gasteiger partial charge in [0.2, 0.25) is 0 Å². The van der Waals surface area contributed by atoms with Gasteiger partial charge in [-0.25, -0.2) is 4.79 Å². The van der Waals surface area contributed by atoms with E-state index >= 15 is 0 Å². The number of thioether (sulfide) groups is 1. The topological polar surface area (TPSA) is 43.4 Å². The number of methoxy groups -OCH3 is 1. The Balaban J connectivity index is 3.10. The summed E-state index contributed by atoms with van der Waals surface area (Å²) in [4.78, 5) is 22.2. The molecule has 5 heteroatoms. The van der Waals surface area contributed by atoms with Gasteiger partial charge in [-0.2, -0.15) is 0 Å². The summed E-state index contributed by atoms with van der Waals surface area (Å²) < 4.78 is 5.39. The summed E-state index contributed by atoms with van der Waals surface area (Å²) in [5.74, 6) is -0.395. The first kappa shape index (κ1) is 10.3. The molecule has 13 heavy (non-hydrogen) atoms. The predicted octanol–water partition coefficient (Wildman–Crippen LogP) is 2.07. The molecule has 0 saturated carbocycles. The van der Waals surface area contributed by atoms with Crippen LogP contribution in [0.1, 0.15) is 20.0 Å². The first-order valence-electron chi connectivity index (χ1n) is 3.44. The van der Waals surface area contributed by atoms with Crippen molar-refractivity contribution in [1.29, 1.82) is 0 Å². The van der Waals surface area contributed by atoms with E-state index < -0.39 is 5.97 Å². The van der Waals surface area contributed by atoms with Crippen LogP contribution in [0.4, 0.5) is 0 Å². The number of esters is 1. The molecule has 0 bridgehead atoms. The highest BCUT2D eigenvalue weighted by Gasteiger charge is 2.15. The zero-order valence-corrected chi connectivity index (χ0v) is 8.83. The Hall–Kier alpha value is -0.810. The van der Waals surface area contributed by atoms with Crippen LogP contribution in [0.3, 0.4) is 0 Å². The molecule has 0 aliphatic rings. The molecule has 1 rings (SSSR count). The van der Waals surface area contributed by atoms with Gasteiger partial charge in [-0.1, -0.05) is 0 Å². The van der Waals surface area contributed by atoms with E-state index in [-0.39, 0.29) is 0 Å². The van der Waals surface area contributed by atoms with Gasteiger partial charge in [-0.3, -0.25) is 4.79 Å². The molecule has 0 radical (unpaired) electrons. The van der Waals surface area contributed by atoms with Crippen molar-refractivity contribution < 1.29 is 14.3 Å². The molecule has 70 valence electrons. The zero-order valence-electron chi connectivity index (χ0n) is 7.20. The van der Waals surface area contributed by atoms with E-state index in [9.17, 15) is 9.59 Å². The first-order chi connectivity index (χ1) is 6.22. The Kier molecular flexibility index (Phi) is 3.50. The van der Waals surface area contributed by atoms with Crippen molar-refractivity contribution in [3.8, 4) is 0 Å². The maximum atomic E-state index is 11.2. The van der Waals surface area contributed by atoms with Gasteiger partial charge in [-0.15, -0.1) is 23.1 Å². The number of rotatable bonds is 3. The minimum atomic E-state index is -0.395. The van der Waals surface area contributed by atoms with Crippen LogP contribution in [-0.4, -0.2) is 25.6 Å². The van der Waals surface area contributed by atoms with E-state index in [1.54, 1.807) is 6.07 Å². The fourth-order valence-corrected chi connectivity index (χ4v) is 2.53. The van der Waals surface area contributed by atoms with Crippen LogP contribution in [0.15, 0.2) is 10.3 Å². The van der Waals surface area contributed by atoms with E-state index in [0.29, 0.717) is 10.4 Å². The van der Waals surface area contributed by atoms with Crippen molar-refractivity contribution in [1.82, 2.24) is 0 Å². The van der Waals surface area contributed by atoms with Crippen molar-refractivity contribution in [2.75, 3.05) is 13.4 Å². The quantitative estimate of drug-likeness (QED) is 0.441. The van der Waals surface area contributed by atoms with Gasteiger partial charge in [0.1, 0.15) is 0 Å². The van der Waals surface area contributed by atoms with E-state index in [1.165, 1.54) is 30.2 Å². The maximum absolute atomic E-state index is 11.2. The minimum Gasteiger partial charge on any atom is -0.465 e. The summed E-state index contributed by atoms with van der Waals surface area (Å²) in [7, 11) is 1.32. The summed E-state index contributed by atoms with van der Waals surface area (Å²) in [6.07, 6.45) is 2.59. The number of ether oxygens (including phenoxy) is 1. The van der Waals surface area contributed by atoms with Crippen LogP contribution < -0.4 is 0 Å². The normalized spacial score (nSPS) is 9.69. The average Bonchev–Trinajstić information content (AvgIpc) is 2.59. The molecule has 1 aromatic heterocycles. The van der Waals surface area contributed by atoms with Gasteiger partial charge in [0.25, 0.3) is 0 Å². The number of hydrogen-bond acceptors (Lipinski definition) is 5. The molecule has 0 unspecified atom stereocenters. The SMILES string of the molecule is COC(=O)c1cc(C=O)sc1SC. The van der Waals surface area contributed by atoms with Gasteiger partial charge in [-0.05, 0) is 12.3 Å². The number of hydrogen-bond donors (Lipinski definition) is 0. The molecular formula is C8H8O3S2. The minimum absolute atomic E-state index is 0.395. The zero-order chi connectivity index (χ0) is 9.84. The Morgan fingerprint density at radius 1 is 1.69 bits per heavy atom. The summed E-state index contributed by atoms with van der Waals surface area (Å²) in [6, 6.07) is 1.55. The highest BCUT2D eigenvalue weighted by atomic mass is 32.2. The van der Waals surface area contributed by atoms with Crippen LogP contribution in [0, 0.1) is 0 Å². The van der Waals surface area contributed by atoms with Gasteiger partial charge >= 0.3 is 5.97 Å². The first-order valence-corrected chi connectivity index (χ1v) is 5.48. The van der Waals surface area contributed by atoms with Crippen molar-refractivity contribution in [3.05, 3.63) is 16.5 Å². The van der Waals surface area contributed by atoms with Gasteiger partial charge in [0.15, 0.2) is 6.29 Å². The third-order valence-electron chi connectivity index (χ3n) is 1.42. The average molecular weight is 216 g/mol. The molecular weight excluding hydrogens is 208 g/mol. The lowest BCUT2D eigenvalue weighted by molar-refractivity contribution is 0.0598. The molecule has 0 N–H and O–H groups in total. The Labute approximate surface area is 84.1 Å². The van der Waals surface area contributed by atoms with Gasteiger partial charge < -0.3 is 4.74 Å². The number of carbonyl (C=O) groups excluding carboxylic acids is 2. The highest BCUT2D eigenvalue weighted by Crippen LogP contribution is 2.30. The third-order valence-corrected chi connectivity index (χ3v) is 3.62. The highest BCUT2D eigenvalue weighted by molar-refractivity contribution is 8.00. The second-order valence-corrected chi connectivity index (χ2v) is 4.32. The monoisotopic (exact) mass is 216 g/mol. The van der Waals surface area contributed by atoms with Crippen LogP contribution in [-0.2, 0) is 4.74 Å². The molecule has 0 spiro atoms. The van der Waals surface area contributed by atoms with Crippen molar-refractivity contribution in [2.24, 2.45) is 0 Å². The smallest absolute Gasteiger partial charge is 0.339 e. The lowest BCUT2D eigenvalue weighted by atomic mass is 10.3. The van der Waals surface area contributed by atoms with Crippen molar-refractivity contribution in [3.63, 3.8) is 0 Å². The molecule has 3 nitrogen and oxygen atoms in total. The van der Waals surface area contributed by atoms with E-state index in [2.05, 4.69) is 4.74 Å². The second kappa shape index (κ2) is 4.43. The van der Waals surface area contributed by atoms with Gasteiger partial charge in [0, 0.05) is 0 Å². The Morgan fingerprint density at radius 2 is 2.38 bits per heavy atom. The number of aldehydes is 1. The summed E-state index contributed by atoms with van der Waals surface area (Å²) in [5, 5.41) is 0. The standard InChI is InChI=1S/C8H8O3S2/c1-11-7(10)6-3-5(4-9)13-8(6)12-2/h3-4H,1-2H3. The lowest BCUT2D eigenvalue weighted by Crippen LogP contribution is -2.00. The molecule has 1 aromatic rings. The van der Waals surface area contributed by atoms with Gasteiger partial charge in [0.05, 0.1) is 21.8 Å². The van der Waals surface area contributed by atoms with Crippen LogP contribution in [0.5, 0.6) is 0 Å². The fraction of sp³-hybridized carbons (Fsp3) is 0.250. The van der Waals surface area contributed by atoms with Crippen molar-refractivity contribution in [2.45, 2.75) is 4.21 Å². The third kappa shape index (κ3) is 2.10. The molecule has 0 atom stereocenters. The molecule has 0 aliphatic carbocycles. The van der Waals surface area contributed by atoms with Crippen LogP contribution in [0.25, 0.3) is 0 Å². The summed E-state index contributed by atoms with van der Waals surface area (Å²) in [5.41, 5.74) is 0.474.